The van der Waals surface area contributed by atoms with Gasteiger partial charge in [-0.05, 0) is 42.0 Å². The molecule has 2 aromatic carbocycles. The lowest BCUT2D eigenvalue weighted by Crippen LogP contribution is -2.38. The van der Waals surface area contributed by atoms with E-state index < -0.39 is 34.8 Å². The number of amides is 1. The van der Waals surface area contributed by atoms with E-state index in [0.717, 1.165) is 12.0 Å². The minimum Gasteiger partial charge on any atom is -0.318 e. The zero-order chi connectivity index (χ0) is 22.9. The molecule has 1 atom stereocenters. The largest absolute Gasteiger partial charge is 0.432 e. The molecule has 0 aliphatic heterocycles. The zero-order valence-electron chi connectivity index (χ0n) is 17.0. The van der Waals surface area contributed by atoms with Gasteiger partial charge in [0.1, 0.15) is 11.5 Å². The van der Waals surface area contributed by atoms with Crippen LogP contribution in [0.2, 0.25) is 0 Å². The van der Waals surface area contributed by atoms with Gasteiger partial charge in [0.15, 0.2) is 5.69 Å². The molecule has 0 radical (unpaired) electrons. The number of benzene rings is 2. The first kappa shape index (κ1) is 22.0. The summed E-state index contributed by atoms with van der Waals surface area (Å²) >= 11 is 0. The van der Waals surface area contributed by atoms with E-state index in [1.165, 1.54) is 25.0 Å². The van der Waals surface area contributed by atoms with Gasteiger partial charge in [0.2, 0.25) is 0 Å². The van der Waals surface area contributed by atoms with Crippen LogP contribution < -0.4 is 11.1 Å². The van der Waals surface area contributed by atoms with E-state index in [1.807, 2.05) is 30.3 Å². The number of carbonyl (C=O) groups is 1. The minimum absolute atomic E-state index is 0.179. The number of anilines is 1. The molecule has 1 saturated carbocycles. The van der Waals surface area contributed by atoms with E-state index in [2.05, 4.69) is 10.4 Å². The summed E-state index contributed by atoms with van der Waals surface area (Å²) in [6, 6.07) is 14.2. The second-order valence-corrected chi connectivity index (χ2v) is 8.13. The summed E-state index contributed by atoms with van der Waals surface area (Å²) in [4.78, 5) is 12.4. The molecule has 32 heavy (non-hydrogen) atoms. The fourth-order valence-corrected chi connectivity index (χ4v) is 3.70. The van der Waals surface area contributed by atoms with Crippen LogP contribution in [0.15, 0.2) is 54.6 Å². The van der Waals surface area contributed by atoms with Gasteiger partial charge in [0.25, 0.3) is 5.91 Å². The van der Waals surface area contributed by atoms with E-state index in [0.29, 0.717) is 24.0 Å². The highest BCUT2D eigenvalue weighted by atomic mass is 19.4. The lowest BCUT2D eigenvalue weighted by atomic mass is 9.79. The molecule has 4 N–H and O–H groups in total. The Hall–Kier alpha value is -3.20. The Labute approximate surface area is 182 Å². The Bertz CT molecular complexity index is 1110. The Morgan fingerprint density at radius 2 is 1.81 bits per heavy atom. The van der Waals surface area contributed by atoms with Crippen molar-refractivity contribution in [3.63, 3.8) is 0 Å². The highest BCUT2D eigenvalue weighted by molar-refractivity contribution is 6.03. The van der Waals surface area contributed by atoms with Gasteiger partial charge in [0.05, 0.1) is 11.2 Å². The smallest absolute Gasteiger partial charge is 0.318 e. The molecule has 0 spiro atoms. The van der Waals surface area contributed by atoms with Crippen LogP contribution in [0.5, 0.6) is 0 Å². The van der Waals surface area contributed by atoms with Gasteiger partial charge in [-0.2, -0.15) is 18.3 Å². The van der Waals surface area contributed by atoms with Crippen molar-refractivity contribution in [2.45, 2.75) is 37.4 Å². The summed E-state index contributed by atoms with van der Waals surface area (Å²) in [6.07, 6.45) is -0.793. The maximum atomic E-state index is 14.5. The molecule has 1 aromatic heterocycles. The molecular weight excluding hydrogens is 424 g/mol. The summed E-state index contributed by atoms with van der Waals surface area (Å²) in [6.45, 7) is 0. The summed E-state index contributed by atoms with van der Waals surface area (Å²) in [5.74, 6) is -1.07. The summed E-state index contributed by atoms with van der Waals surface area (Å²) in [5, 5.41) is 7.46. The lowest BCUT2D eigenvalue weighted by molar-refractivity contribution is -0.141. The number of rotatable bonds is 7. The van der Waals surface area contributed by atoms with E-state index in [-0.39, 0.29) is 5.69 Å². The van der Waals surface area contributed by atoms with Crippen molar-refractivity contribution in [1.29, 1.82) is 0 Å². The van der Waals surface area contributed by atoms with Crippen LogP contribution in [-0.2, 0) is 11.7 Å². The third-order valence-electron chi connectivity index (χ3n) is 5.78. The molecule has 3 aromatic rings. The zero-order valence-corrected chi connectivity index (χ0v) is 17.0. The van der Waals surface area contributed by atoms with Crippen LogP contribution in [0.1, 0.15) is 53.0 Å². The topological polar surface area (TPSA) is 83.8 Å². The molecule has 1 heterocycles. The average molecular weight is 446 g/mol. The molecular formula is C23H22F4N4O. The lowest BCUT2D eigenvalue weighted by Gasteiger charge is -2.31. The van der Waals surface area contributed by atoms with Crippen molar-refractivity contribution >= 4 is 11.6 Å². The van der Waals surface area contributed by atoms with Crippen LogP contribution in [0.4, 0.5) is 23.2 Å². The average Bonchev–Trinajstić information content (AvgIpc) is 3.45. The van der Waals surface area contributed by atoms with Gasteiger partial charge in [0, 0.05) is 6.07 Å². The first-order chi connectivity index (χ1) is 15.2. The Kier molecular flexibility index (Phi) is 5.77. The number of carbonyl (C=O) groups excluding carboxylic acids is 1. The molecule has 168 valence electrons. The summed E-state index contributed by atoms with van der Waals surface area (Å²) < 4.78 is 52.8. The van der Waals surface area contributed by atoms with Crippen molar-refractivity contribution in [2.24, 2.45) is 11.7 Å². The number of nitrogens with two attached hydrogens (primary N) is 1. The number of hydrogen-bond acceptors (Lipinski definition) is 3. The highest BCUT2D eigenvalue weighted by Crippen LogP contribution is 2.40. The molecule has 1 unspecified atom stereocenters. The molecule has 1 amide bonds. The SMILES string of the molecule is NC(CCC1CC1)(c1ccccc1)c1ccc(F)c(NC(=O)c2cc(C(F)(F)F)[nH]n2)c1. The molecule has 5 nitrogen and oxygen atoms in total. The van der Waals surface area contributed by atoms with Gasteiger partial charge in [-0.15, -0.1) is 0 Å². The van der Waals surface area contributed by atoms with Crippen LogP contribution in [0.3, 0.4) is 0 Å². The number of H-pyrrole nitrogens is 1. The van der Waals surface area contributed by atoms with Crippen molar-refractivity contribution in [3.8, 4) is 0 Å². The second-order valence-electron chi connectivity index (χ2n) is 8.13. The fraction of sp³-hybridized carbons (Fsp3) is 0.304. The molecule has 1 aliphatic rings. The minimum atomic E-state index is -4.67. The number of hydrogen-bond donors (Lipinski definition) is 3. The van der Waals surface area contributed by atoms with E-state index in [1.54, 1.807) is 11.2 Å². The standard InChI is InChI=1S/C23H22F4N4O/c24-17-9-8-16(22(28,11-10-14-6-7-14)15-4-2-1-3-5-15)12-18(17)29-21(32)19-13-20(31-30-19)23(25,26)27/h1-5,8-9,12-14H,6-7,10-11,28H2,(H,29,32)(H,30,31). The molecule has 9 heteroatoms. The third kappa shape index (κ3) is 4.67. The predicted octanol–water partition coefficient (Wildman–Crippen LogP) is 5.21. The number of nitrogens with one attached hydrogen (secondary N) is 2. The van der Waals surface area contributed by atoms with Gasteiger partial charge in [-0.3, -0.25) is 9.89 Å². The van der Waals surface area contributed by atoms with Crippen LogP contribution >= 0.6 is 0 Å². The number of nitrogens with zero attached hydrogens (tertiary/aromatic N) is 1. The Morgan fingerprint density at radius 3 is 2.44 bits per heavy atom. The predicted molar refractivity (Wildman–Crippen MR) is 111 cm³/mol. The van der Waals surface area contributed by atoms with Crippen molar-refractivity contribution < 1.29 is 22.4 Å². The number of halogens is 4. The van der Waals surface area contributed by atoms with Gasteiger partial charge >= 0.3 is 6.18 Å². The van der Waals surface area contributed by atoms with Gasteiger partial charge in [-0.1, -0.05) is 49.2 Å². The summed E-state index contributed by atoms with van der Waals surface area (Å²) in [7, 11) is 0. The molecule has 1 fully saturated rings. The molecule has 0 bridgehead atoms. The Balaban J connectivity index is 1.63. The highest BCUT2D eigenvalue weighted by Gasteiger charge is 2.35. The van der Waals surface area contributed by atoms with Gasteiger partial charge < -0.3 is 11.1 Å². The normalized spacial score (nSPS) is 15.9. The third-order valence-corrected chi connectivity index (χ3v) is 5.78. The molecule has 1 aliphatic carbocycles. The maximum Gasteiger partial charge on any atom is 0.432 e. The number of aromatic nitrogens is 2. The van der Waals surface area contributed by atoms with Crippen LogP contribution in [0.25, 0.3) is 0 Å². The first-order valence-electron chi connectivity index (χ1n) is 10.3. The van der Waals surface area contributed by atoms with E-state index in [9.17, 15) is 22.4 Å². The first-order valence-corrected chi connectivity index (χ1v) is 10.3. The van der Waals surface area contributed by atoms with Crippen LogP contribution in [-0.4, -0.2) is 16.1 Å². The van der Waals surface area contributed by atoms with Gasteiger partial charge in [-0.25, -0.2) is 4.39 Å². The van der Waals surface area contributed by atoms with Crippen LogP contribution in [0, 0.1) is 11.7 Å². The Morgan fingerprint density at radius 1 is 1.09 bits per heavy atom. The van der Waals surface area contributed by atoms with E-state index in [4.69, 9.17) is 5.73 Å². The monoisotopic (exact) mass is 446 g/mol. The van der Waals surface area contributed by atoms with Crippen molar-refractivity contribution in [2.75, 3.05) is 5.32 Å². The van der Waals surface area contributed by atoms with Crippen molar-refractivity contribution in [1.82, 2.24) is 10.2 Å². The van der Waals surface area contributed by atoms with E-state index >= 15 is 0 Å². The number of aromatic amines is 1. The molecule has 0 saturated heterocycles. The van der Waals surface area contributed by atoms with Crippen molar-refractivity contribution in [3.05, 3.63) is 82.9 Å². The molecule has 4 rings (SSSR count). The maximum absolute atomic E-state index is 14.5. The fourth-order valence-electron chi connectivity index (χ4n) is 3.70. The summed E-state index contributed by atoms with van der Waals surface area (Å²) in [5.41, 5.74) is 5.54. The quantitative estimate of drug-likeness (QED) is 0.436. The second kappa shape index (κ2) is 8.38. The number of alkyl halides is 3.